The smallest absolute Gasteiger partial charge is 0.328 e. The molecule has 0 fully saturated rings. The minimum absolute atomic E-state index is 0.245. The number of hydrogen-bond acceptors (Lipinski definition) is 2. The highest BCUT2D eigenvalue weighted by Crippen LogP contribution is 2.46. The third-order valence-corrected chi connectivity index (χ3v) is 6.38. The summed E-state index contributed by atoms with van der Waals surface area (Å²) in [6.45, 7) is 9.69. The lowest BCUT2D eigenvalue weighted by Gasteiger charge is -2.18. The Labute approximate surface area is 208 Å². The van der Waals surface area contributed by atoms with E-state index in [0.29, 0.717) is 17.9 Å². The third-order valence-electron chi connectivity index (χ3n) is 5.73. The highest BCUT2D eigenvalue weighted by Gasteiger charge is 2.26. The summed E-state index contributed by atoms with van der Waals surface area (Å²) in [5.74, 6) is -0.754. The van der Waals surface area contributed by atoms with Crippen LogP contribution >= 0.6 is 23.2 Å². The van der Waals surface area contributed by atoms with Crippen molar-refractivity contribution in [1.82, 2.24) is 4.98 Å². The lowest BCUT2D eigenvalue weighted by atomic mass is 9.87. The number of benzene rings is 2. The van der Waals surface area contributed by atoms with E-state index in [9.17, 15) is 4.79 Å². The Balaban J connectivity index is 1.96. The highest BCUT2D eigenvalue weighted by atomic mass is 35.5. The van der Waals surface area contributed by atoms with Crippen molar-refractivity contribution in [2.24, 2.45) is 0 Å². The molecule has 3 aromatic rings. The van der Waals surface area contributed by atoms with E-state index in [1.807, 2.05) is 55.5 Å². The number of aromatic nitrogens is 1. The molecular formula is C28H20Cl2N2O2. The Kier molecular flexibility index (Phi) is 6.98. The average Bonchev–Trinajstić information content (AvgIpc) is 3.18. The molecule has 4 rings (SSSR count). The quantitative estimate of drug-likeness (QED) is 0.218. The number of nitrogens with zero attached hydrogens (tertiary/aromatic N) is 2. The predicted octanol–water partition coefficient (Wildman–Crippen LogP) is 7.91. The number of allylic oxidation sites excluding steroid dienone is 3. The normalized spacial score (nSPS) is 13.6. The molecule has 34 heavy (non-hydrogen) atoms. The topological polar surface area (TPSA) is 54.5 Å². The number of aliphatic carboxylic acids is 1. The fraction of sp³-hybridized carbons (Fsp3) is 0.107. The van der Waals surface area contributed by atoms with Crippen LogP contribution in [0.5, 0.6) is 0 Å². The summed E-state index contributed by atoms with van der Waals surface area (Å²) < 4.78 is 0. The van der Waals surface area contributed by atoms with Crippen LogP contribution in [-0.4, -0.2) is 16.1 Å². The number of carbonyl (C=O) groups is 1. The zero-order valence-corrected chi connectivity index (χ0v) is 19.9. The van der Waals surface area contributed by atoms with Crippen molar-refractivity contribution in [1.29, 1.82) is 0 Å². The maximum Gasteiger partial charge on any atom is 0.328 e. The van der Waals surface area contributed by atoms with Gasteiger partial charge in [-0.25, -0.2) is 4.79 Å². The Hall–Kier alpha value is -3.65. The summed E-state index contributed by atoms with van der Waals surface area (Å²) in [5.41, 5.74) is 7.46. The van der Waals surface area contributed by atoms with Gasteiger partial charge in [0, 0.05) is 18.1 Å². The molecule has 0 spiro atoms. The van der Waals surface area contributed by atoms with Crippen LogP contribution in [-0.2, 0) is 11.2 Å². The molecule has 1 aromatic heterocycles. The molecule has 0 saturated carbocycles. The Morgan fingerprint density at radius 2 is 1.85 bits per heavy atom. The SMILES string of the molecule is [C-]#[N+]c1nc(Cl)ccc1/C(CC)=C(/C1=C(Cl)c2ccccc2C1)c1ccc(/C=C/C(=O)O)cc1. The molecule has 1 N–H and O–H groups in total. The van der Waals surface area contributed by atoms with Crippen LogP contribution in [0.3, 0.4) is 0 Å². The molecule has 0 radical (unpaired) electrons. The predicted molar refractivity (Wildman–Crippen MR) is 139 cm³/mol. The lowest BCUT2D eigenvalue weighted by molar-refractivity contribution is -0.131. The number of hydrogen-bond donors (Lipinski definition) is 1. The zero-order chi connectivity index (χ0) is 24.2. The highest BCUT2D eigenvalue weighted by molar-refractivity contribution is 6.51. The van der Waals surface area contributed by atoms with Gasteiger partial charge in [0.05, 0.1) is 5.03 Å². The number of rotatable bonds is 6. The summed E-state index contributed by atoms with van der Waals surface area (Å²) in [6, 6.07) is 19.2. The van der Waals surface area contributed by atoms with E-state index < -0.39 is 5.97 Å². The minimum atomic E-state index is -1.000. The van der Waals surface area contributed by atoms with E-state index in [1.54, 1.807) is 12.1 Å². The first-order chi connectivity index (χ1) is 16.4. The summed E-state index contributed by atoms with van der Waals surface area (Å²) in [7, 11) is 0. The number of pyridine rings is 1. The van der Waals surface area contributed by atoms with Crippen molar-refractivity contribution in [3.8, 4) is 0 Å². The maximum atomic E-state index is 10.9. The van der Waals surface area contributed by atoms with Gasteiger partial charge in [0.25, 0.3) is 5.82 Å². The first-order valence-electron chi connectivity index (χ1n) is 10.7. The van der Waals surface area contributed by atoms with Gasteiger partial charge in [-0.2, -0.15) is 0 Å². The van der Waals surface area contributed by atoms with Gasteiger partial charge < -0.3 is 9.95 Å². The van der Waals surface area contributed by atoms with Gasteiger partial charge in [0.15, 0.2) is 0 Å². The average molecular weight is 487 g/mol. The van der Waals surface area contributed by atoms with E-state index in [1.165, 1.54) is 0 Å². The van der Waals surface area contributed by atoms with Gasteiger partial charge in [-0.1, -0.05) is 79.7 Å². The van der Waals surface area contributed by atoms with Crippen LogP contribution in [0.1, 0.15) is 41.2 Å². The number of fused-ring (bicyclic) bond motifs is 1. The molecule has 0 bridgehead atoms. The lowest BCUT2D eigenvalue weighted by Crippen LogP contribution is -1.99. The fourth-order valence-corrected chi connectivity index (χ4v) is 4.71. The molecular weight excluding hydrogens is 467 g/mol. The van der Waals surface area contributed by atoms with E-state index >= 15 is 0 Å². The van der Waals surface area contributed by atoms with Gasteiger partial charge in [-0.3, -0.25) is 0 Å². The fourth-order valence-electron chi connectivity index (χ4n) is 4.22. The van der Waals surface area contributed by atoms with Crippen LogP contribution in [0.4, 0.5) is 5.82 Å². The summed E-state index contributed by atoms with van der Waals surface area (Å²) in [4.78, 5) is 18.7. The Morgan fingerprint density at radius 1 is 1.12 bits per heavy atom. The summed E-state index contributed by atoms with van der Waals surface area (Å²) in [6.07, 6.45) is 3.97. The number of carboxylic acid groups (broad SMARTS) is 1. The van der Waals surface area contributed by atoms with Crippen LogP contribution in [0.2, 0.25) is 5.15 Å². The first kappa shape index (κ1) is 23.5. The Morgan fingerprint density at radius 3 is 2.50 bits per heavy atom. The van der Waals surface area contributed by atoms with Crippen molar-refractivity contribution < 1.29 is 9.90 Å². The standard InChI is InChI=1S/C28H20Cl2N2O2/c1-3-20(22-13-14-24(29)32-28(22)31-2)26(18-11-8-17(9-12-18)10-15-25(33)34)23-16-19-6-4-5-7-21(19)27(23)30/h4-15H,3,16H2,1H3,(H,33,34)/b15-10+,26-20+. The van der Waals surface area contributed by atoms with Crippen molar-refractivity contribution >= 4 is 57.2 Å². The third kappa shape index (κ3) is 4.68. The molecule has 168 valence electrons. The molecule has 6 heteroatoms. The van der Waals surface area contributed by atoms with Crippen LogP contribution in [0.15, 0.2) is 72.3 Å². The number of carboxylic acids is 1. The van der Waals surface area contributed by atoms with Crippen LogP contribution in [0, 0.1) is 6.57 Å². The van der Waals surface area contributed by atoms with E-state index in [-0.39, 0.29) is 11.0 Å². The molecule has 0 aliphatic heterocycles. The van der Waals surface area contributed by atoms with E-state index in [2.05, 4.69) is 15.9 Å². The van der Waals surface area contributed by atoms with Crippen LogP contribution < -0.4 is 0 Å². The monoisotopic (exact) mass is 486 g/mol. The second-order valence-corrected chi connectivity index (χ2v) is 8.51. The van der Waals surface area contributed by atoms with Gasteiger partial charge in [0.1, 0.15) is 0 Å². The molecule has 0 unspecified atom stereocenters. The molecule has 2 aromatic carbocycles. The van der Waals surface area contributed by atoms with Gasteiger partial charge >= 0.3 is 5.97 Å². The van der Waals surface area contributed by atoms with Crippen molar-refractivity contribution in [3.05, 3.63) is 117 Å². The molecule has 1 heterocycles. The maximum absolute atomic E-state index is 10.9. The van der Waals surface area contributed by atoms with Crippen molar-refractivity contribution in [2.45, 2.75) is 19.8 Å². The molecule has 1 aliphatic rings. The van der Waals surface area contributed by atoms with E-state index in [0.717, 1.165) is 50.6 Å². The number of halogens is 2. The van der Waals surface area contributed by atoms with Gasteiger partial charge in [-0.05, 0) is 69.1 Å². The molecule has 4 nitrogen and oxygen atoms in total. The first-order valence-corrected chi connectivity index (χ1v) is 11.4. The van der Waals surface area contributed by atoms with Gasteiger partial charge in [-0.15, -0.1) is 4.98 Å². The molecule has 1 aliphatic carbocycles. The largest absolute Gasteiger partial charge is 0.478 e. The molecule has 0 saturated heterocycles. The molecule has 0 amide bonds. The zero-order valence-electron chi connectivity index (χ0n) is 18.3. The van der Waals surface area contributed by atoms with Crippen LogP contribution in [0.25, 0.3) is 27.1 Å². The van der Waals surface area contributed by atoms with Crippen molar-refractivity contribution in [3.63, 3.8) is 0 Å². The summed E-state index contributed by atoms with van der Waals surface area (Å²) >= 11 is 13.0. The minimum Gasteiger partial charge on any atom is -0.478 e. The summed E-state index contributed by atoms with van der Waals surface area (Å²) in [5, 5.41) is 9.88. The second kappa shape index (κ2) is 10.1. The van der Waals surface area contributed by atoms with Gasteiger partial charge in [0.2, 0.25) is 5.15 Å². The molecule has 0 atom stereocenters. The Bertz CT molecular complexity index is 1410. The van der Waals surface area contributed by atoms with Crippen molar-refractivity contribution in [2.75, 3.05) is 0 Å². The van der Waals surface area contributed by atoms with E-state index in [4.69, 9.17) is 34.9 Å². The second-order valence-electron chi connectivity index (χ2n) is 7.74.